The van der Waals surface area contributed by atoms with Crippen LogP contribution < -0.4 is 4.90 Å². The number of Topliss-reactive ketones (excluding diaryl/α,β-unsaturated/α-hetero) is 1. The lowest BCUT2D eigenvalue weighted by Gasteiger charge is -2.21. The molecule has 0 aliphatic carbocycles. The highest BCUT2D eigenvalue weighted by Crippen LogP contribution is 2.17. The molecule has 0 fully saturated rings. The monoisotopic (exact) mass is 333 g/mol. The first-order chi connectivity index (χ1) is 11.4. The van der Waals surface area contributed by atoms with Gasteiger partial charge in [0.2, 0.25) is 5.91 Å². The molecule has 0 bridgehead atoms. The summed E-state index contributed by atoms with van der Waals surface area (Å²) in [6.07, 6.45) is -0.811. The zero-order valence-corrected chi connectivity index (χ0v) is 12.4. The van der Waals surface area contributed by atoms with Gasteiger partial charge in [-0.15, -0.1) is 0 Å². The van der Waals surface area contributed by atoms with Gasteiger partial charge in [-0.2, -0.15) is 0 Å². The molecule has 0 spiro atoms. The van der Waals surface area contributed by atoms with E-state index in [-0.39, 0.29) is 11.3 Å². The summed E-state index contributed by atoms with van der Waals surface area (Å²) in [5, 5.41) is 8.77. The molecule has 7 heteroatoms. The largest absolute Gasteiger partial charge is 0.481 e. The molecule has 124 valence electrons. The predicted molar refractivity (Wildman–Crippen MR) is 81.7 cm³/mol. The third-order valence-electron chi connectivity index (χ3n) is 3.21. The number of benzene rings is 2. The van der Waals surface area contributed by atoms with Crippen molar-refractivity contribution in [2.45, 2.75) is 6.42 Å². The topological polar surface area (TPSA) is 74.7 Å². The second-order valence-electron chi connectivity index (χ2n) is 4.96. The van der Waals surface area contributed by atoms with Gasteiger partial charge in [-0.1, -0.05) is 0 Å². The van der Waals surface area contributed by atoms with Crippen LogP contribution in [-0.4, -0.2) is 29.3 Å². The standard InChI is InChI=1S/C17H13F2NO4/c18-12-3-1-11(2-4-12)15(21)10-20(16(22)9-17(23)24)14-7-5-13(19)6-8-14/h1-8H,9-10H2,(H,23,24). The molecule has 0 unspecified atom stereocenters. The maximum absolute atomic E-state index is 13.0. The maximum Gasteiger partial charge on any atom is 0.312 e. The number of hydrogen-bond donors (Lipinski definition) is 1. The normalized spacial score (nSPS) is 10.2. The van der Waals surface area contributed by atoms with Gasteiger partial charge in [-0.05, 0) is 48.5 Å². The fourth-order valence-electron chi connectivity index (χ4n) is 2.04. The van der Waals surface area contributed by atoms with Crippen molar-refractivity contribution in [1.82, 2.24) is 0 Å². The van der Waals surface area contributed by atoms with Crippen LogP contribution in [-0.2, 0) is 9.59 Å². The van der Waals surface area contributed by atoms with Gasteiger partial charge < -0.3 is 10.0 Å². The minimum absolute atomic E-state index is 0.173. The van der Waals surface area contributed by atoms with Crippen molar-refractivity contribution in [3.8, 4) is 0 Å². The number of halogens is 2. The number of aliphatic carboxylic acids is 1. The van der Waals surface area contributed by atoms with E-state index >= 15 is 0 Å². The number of carbonyl (C=O) groups excluding carboxylic acids is 2. The second kappa shape index (κ2) is 7.45. The Labute approximate surface area is 136 Å². The molecule has 24 heavy (non-hydrogen) atoms. The lowest BCUT2D eigenvalue weighted by atomic mass is 10.1. The molecule has 1 N–H and O–H groups in total. The third kappa shape index (κ3) is 4.45. The van der Waals surface area contributed by atoms with E-state index in [9.17, 15) is 23.2 Å². The first kappa shape index (κ1) is 17.3. The first-order valence-corrected chi connectivity index (χ1v) is 6.93. The zero-order valence-electron chi connectivity index (χ0n) is 12.4. The molecule has 1 amide bonds. The summed E-state index contributed by atoms with van der Waals surface area (Å²) in [6.45, 7) is -0.441. The molecule has 0 atom stereocenters. The summed E-state index contributed by atoms with van der Waals surface area (Å²) >= 11 is 0. The molecule has 2 rings (SSSR count). The van der Waals surface area contributed by atoms with Crippen LogP contribution in [0.5, 0.6) is 0 Å². The van der Waals surface area contributed by atoms with Crippen molar-refractivity contribution < 1.29 is 28.3 Å². The van der Waals surface area contributed by atoms with Crippen molar-refractivity contribution in [3.05, 3.63) is 65.7 Å². The molecule has 0 radical (unpaired) electrons. The van der Waals surface area contributed by atoms with Gasteiger partial charge in [0.25, 0.3) is 0 Å². The number of ketones is 1. The highest BCUT2D eigenvalue weighted by molar-refractivity contribution is 6.09. The van der Waals surface area contributed by atoms with Crippen molar-refractivity contribution in [1.29, 1.82) is 0 Å². The molecule has 0 saturated heterocycles. The van der Waals surface area contributed by atoms with Crippen LogP contribution in [0.15, 0.2) is 48.5 Å². The number of carboxylic acid groups (broad SMARTS) is 1. The Balaban J connectivity index is 2.26. The number of hydrogen-bond acceptors (Lipinski definition) is 3. The van der Waals surface area contributed by atoms with Crippen molar-refractivity contribution >= 4 is 23.3 Å². The second-order valence-corrected chi connectivity index (χ2v) is 4.96. The van der Waals surface area contributed by atoms with E-state index in [1.165, 1.54) is 24.3 Å². The molecule has 2 aromatic carbocycles. The maximum atomic E-state index is 13.0. The summed E-state index contributed by atoms with van der Waals surface area (Å²) < 4.78 is 25.9. The highest BCUT2D eigenvalue weighted by atomic mass is 19.1. The van der Waals surface area contributed by atoms with Crippen molar-refractivity contribution in [3.63, 3.8) is 0 Å². The van der Waals surface area contributed by atoms with E-state index < -0.39 is 42.3 Å². The minimum Gasteiger partial charge on any atom is -0.481 e. The van der Waals surface area contributed by atoms with E-state index in [1.54, 1.807) is 0 Å². The number of anilines is 1. The molecular weight excluding hydrogens is 320 g/mol. The van der Waals surface area contributed by atoms with Crippen LogP contribution >= 0.6 is 0 Å². The molecule has 2 aromatic rings. The van der Waals surface area contributed by atoms with Crippen LogP contribution in [0, 0.1) is 11.6 Å². The number of nitrogens with zero attached hydrogens (tertiary/aromatic N) is 1. The van der Waals surface area contributed by atoms with Crippen LogP contribution in [0.1, 0.15) is 16.8 Å². The SMILES string of the molecule is O=C(O)CC(=O)N(CC(=O)c1ccc(F)cc1)c1ccc(F)cc1. The third-order valence-corrected chi connectivity index (χ3v) is 3.21. The van der Waals surface area contributed by atoms with Crippen LogP contribution in [0.3, 0.4) is 0 Å². The Morgan fingerprint density at radius 2 is 1.38 bits per heavy atom. The summed E-state index contributed by atoms with van der Waals surface area (Å²) in [5.41, 5.74) is 0.366. The van der Waals surface area contributed by atoms with Gasteiger partial charge in [0, 0.05) is 11.3 Å². The van der Waals surface area contributed by atoms with Crippen molar-refractivity contribution in [2.75, 3.05) is 11.4 Å². The Morgan fingerprint density at radius 3 is 1.88 bits per heavy atom. The predicted octanol–water partition coefficient (Wildman–Crippen LogP) is 2.66. The lowest BCUT2D eigenvalue weighted by molar-refractivity contribution is -0.140. The molecule has 0 aromatic heterocycles. The Kier molecular flexibility index (Phi) is 5.36. The van der Waals surface area contributed by atoms with E-state index in [0.717, 1.165) is 29.2 Å². The first-order valence-electron chi connectivity index (χ1n) is 6.93. The molecule has 0 heterocycles. The highest BCUT2D eigenvalue weighted by Gasteiger charge is 2.22. The smallest absolute Gasteiger partial charge is 0.312 e. The van der Waals surface area contributed by atoms with Gasteiger partial charge in [0.15, 0.2) is 5.78 Å². The number of carboxylic acids is 1. The average molecular weight is 333 g/mol. The van der Waals surface area contributed by atoms with E-state index in [1.807, 2.05) is 0 Å². The summed E-state index contributed by atoms with van der Waals surface area (Å²) in [6, 6.07) is 9.48. The molecule has 0 saturated carbocycles. The van der Waals surface area contributed by atoms with Crippen molar-refractivity contribution in [2.24, 2.45) is 0 Å². The fraction of sp³-hybridized carbons (Fsp3) is 0.118. The Morgan fingerprint density at radius 1 is 0.875 bits per heavy atom. The van der Waals surface area contributed by atoms with Gasteiger partial charge in [0.05, 0.1) is 6.54 Å². The minimum atomic E-state index is -1.35. The van der Waals surface area contributed by atoms with Gasteiger partial charge in [-0.25, -0.2) is 8.78 Å². The Hall–Kier alpha value is -3.09. The van der Waals surface area contributed by atoms with E-state index in [4.69, 9.17) is 5.11 Å². The summed E-state index contributed by atoms with van der Waals surface area (Å²) in [4.78, 5) is 36.1. The van der Waals surface area contributed by atoms with Crippen LogP contribution in [0.2, 0.25) is 0 Å². The van der Waals surface area contributed by atoms with Crippen LogP contribution in [0.25, 0.3) is 0 Å². The molecule has 0 aliphatic rings. The summed E-state index contributed by atoms with van der Waals surface area (Å²) in [5.74, 6) is -3.71. The lowest BCUT2D eigenvalue weighted by Crippen LogP contribution is -2.37. The molecular formula is C17H13F2NO4. The van der Waals surface area contributed by atoms with Crippen LogP contribution in [0.4, 0.5) is 14.5 Å². The van der Waals surface area contributed by atoms with Gasteiger partial charge in [-0.3, -0.25) is 14.4 Å². The van der Waals surface area contributed by atoms with E-state index in [2.05, 4.69) is 0 Å². The molecule has 5 nitrogen and oxygen atoms in total. The quantitative estimate of drug-likeness (QED) is 0.651. The van der Waals surface area contributed by atoms with Gasteiger partial charge >= 0.3 is 5.97 Å². The van der Waals surface area contributed by atoms with E-state index in [0.29, 0.717) is 0 Å². The number of rotatable bonds is 6. The fourth-order valence-corrected chi connectivity index (χ4v) is 2.04. The van der Waals surface area contributed by atoms with Gasteiger partial charge in [0.1, 0.15) is 18.1 Å². The summed E-state index contributed by atoms with van der Waals surface area (Å²) in [7, 11) is 0. The average Bonchev–Trinajstić information content (AvgIpc) is 2.53. The Bertz CT molecular complexity index is 757. The number of amides is 1. The number of carbonyl (C=O) groups is 3. The zero-order chi connectivity index (χ0) is 17.7. The molecule has 0 aliphatic heterocycles.